The van der Waals surface area contributed by atoms with Crippen molar-refractivity contribution in [3.05, 3.63) is 33.6 Å². The van der Waals surface area contributed by atoms with Gasteiger partial charge in [-0.15, -0.1) is 0 Å². The van der Waals surface area contributed by atoms with Gasteiger partial charge in [-0.2, -0.15) is 13.2 Å². The highest BCUT2D eigenvalue weighted by Crippen LogP contribution is 2.32. The van der Waals surface area contributed by atoms with E-state index in [0.29, 0.717) is 4.47 Å². The molecule has 4 nitrogen and oxygen atoms in total. The Kier molecular flexibility index (Phi) is 6.53. The average Bonchev–Trinajstić information content (AvgIpc) is 2.42. The Morgan fingerprint density at radius 1 is 1.38 bits per heavy atom. The third-order valence-corrected chi connectivity index (χ3v) is 3.45. The lowest BCUT2D eigenvalue weighted by molar-refractivity contribution is -0.114. The van der Waals surface area contributed by atoms with Gasteiger partial charge in [0.25, 0.3) is 5.91 Å². The second-order valence-electron chi connectivity index (χ2n) is 5.06. The molecule has 1 aromatic carbocycles. The van der Waals surface area contributed by atoms with E-state index in [0.717, 1.165) is 13.0 Å². The number of benzene rings is 1. The van der Waals surface area contributed by atoms with Gasteiger partial charge in [-0.25, -0.2) is 4.39 Å². The van der Waals surface area contributed by atoms with Crippen LogP contribution in [0.3, 0.4) is 0 Å². The molecule has 9 heteroatoms. The molecule has 2 N–H and O–H groups in total. The van der Waals surface area contributed by atoms with Crippen LogP contribution in [-0.4, -0.2) is 24.4 Å². The molecule has 0 saturated carbocycles. The highest BCUT2D eigenvalue weighted by Gasteiger charge is 2.35. The van der Waals surface area contributed by atoms with Crippen molar-refractivity contribution in [2.75, 3.05) is 5.32 Å². The molecule has 1 amide bonds. The minimum atomic E-state index is -4.85. The molecule has 0 fully saturated rings. The Hall–Kier alpha value is -1.90. The van der Waals surface area contributed by atoms with Crippen LogP contribution in [0.2, 0.25) is 0 Å². The molecule has 0 bridgehead atoms. The molecule has 0 unspecified atom stereocenters. The van der Waals surface area contributed by atoms with Crippen LogP contribution >= 0.6 is 15.9 Å². The number of carbonyl (C=O) groups is 1. The fourth-order valence-corrected chi connectivity index (χ4v) is 2.12. The van der Waals surface area contributed by atoms with Gasteiger partial charge in [-0.05, 0) is 42.8 Å². The highest BCUT2D eigenvalue weighted by molar-refractivity contribution is 9.10. The number of anilines is 1. The topological polar surface area (TPSA) is 62.2 Å². The van der Waals surface area contributed by atoms with E-state index in [1.807, 2.05) is 0 Å². The zero-order chi connectivity index (χ0) is 18.7. The number of carbonyl (C=O) groups excluding carboxylic acids is 1. The first-order valence-corrected chi connectivity index (χ1v) is 7.52. The molecule has 0 radical (unpaired) electrons. The van der Waals surface area contributed by atoms with Gasteiger partial charge in [0, 0.05) is 17.9 Å². The number of alkyl halides is 3. The molecule has 1 rings (SSSR count). The van der Waals surface area contributed by atoms with Crippen molar-refractivity contribution in [1.29, 1.82) is 5.41 Å². The number of allylic oxidation sites excluding steroid dienone is 1. The molecule has 0 heterocycles. The summed E-state index contributed by atoms with van der Waals surface area (Å²) in [4.78, 5) is 11.9. The van der Waals surface area contributed by atoms with Crippen LogP contribution in [0.1, 0.15) is 20.8 Å². The van der Waals surface area contributed by atoms with Crippen molar-refractivity contribution >= 4 is 33.7 Å². The van der Waals surface area contributed by atoms with E-state index in [1.54, 1.807) is 13.8 Å². The summed E-state index contributed by atoms with van der Waals surface area (Å²) in [6, 6.07) is 2.20. The van der Waals surface area contributed by atoms with Crippen molar-refractivity contribution in [1.82, 2.24) is 0 Å². The summed E-state index contributed by atoms with van der Waals surface area (Å²) in [7, 11) is 0. The van der Waals surface area contributed by atoms with E-state index >= 15 is 0 Å². The maximum atomic E-state index is 13.9. The van der Waals surface area contributed by atoms with Crippen LogP contribution in [0.25, 0.3) is 0 Å². The fraction of sp³-hybridized carbons (Fsp3) is 0.333. The molecule has 0 atom stereocenters. The first kappa shape index (κ1) is 20.1. The molecular weight excluding hydrogens is 396 g/mol. The van der Waals surface area contributed by atoms with Crippen LogP contribution in [0.4, 0.5) is 23.2 Å². The number of rotatable bonds is 5. The predicted molar refractivity (Wildman–Crippen MR) is 86.0 cm³/mol. The fourth-order valence-electron chi connectivity index (χ4n) is 1.71. The van der Waals surface area contributed by atoms with Crippen LogP contribution in [0.15, 0.2) is 27.8 Å². The van der Waals surface area contributed by atoms with Crippen molar-refractivity contribution in [2.24, 2.45) is 0 Å². The Morgan fingerprint density at radius 3 is 2.42 bits per heavy atom. The van der Waals surface area contributed by atoms with Gasteiger partial charge in [0.05, 0.1) is 21.8 Å². The minimum Gasteiger partial charge on any atom is -0.490 e. The van der Waals surface area contributed by atoms with Gasteiger partial charge in [0.1, 0.15) is 11.6 Å². The van der Waals surface area contributed by atoms with Crippen molar-refractivity contribution in [3.8, 4) is 5.75 Å². The molecule has 0 aliphatic heterocycles. The van der Waals surface area contributed by atoms with Crippen molar-refractivity contribution < 1.29 is 27.1 Å². The third kappa shape index (κ3) is 5.05. The number of hydrogen-bond donors (Lipinski definition) is 2. The number of hydrogen-bond acceptors (Lipinski definition) is 3. The maximum absolute atomic E-state index is 13.9. The molecule has 24 heavy (non-hydrogen) atoms. The molecule has 1 aromatic rings. The van der Waals surface area contributed by atoms with E-state index in [-0.39, 0.29) is 23.8 Å². The van der Waals surface area contributed by atoms with Crippen molar-refractivity contribution in [2.45, 2.75) is 33.1 Å². The van der Waals surface area contributed by atoms with Gasteiger partial charge in [-0.3, -0.25) is 4.79 Å². The standard InChI is InChI=1S/C15H15BrF4N2O2/c1-7(2)24-13-5-12(11(17)4-10(13)16)22-14(23)8(3)9(6-21)15(18,19)20/h4-7,21H,1-3H3,(H,22,23)/b9-8+,21-6?. The highest BCUT2D eigenvalue weighted by atomic mass is 79.9. The summed E-state index contributed by atoms with van der Waals surface area (Å²) in [5, 5.41) is 8.88. The first-order valence-electron chi connectivity index (χ1n) is 6.73. The van der Waals surface area contributed by atoms with Crippen LogP contribution < -0.4 is 10.1 Å². The van der Waals surface area contributed by atoms with Gasteiger partial charge in [0.2, 0.25) is 0 Å². The van der Waals surface area contributed by atoms with Crippen LogP contribution in [0, 0.1) is 11.2 Å². The molecule has 0 aliphatic carbocycles. The summed E-state index contributed by atoms with van der Waals surface area (Å²) in [5.41, 5.74) is -2.48. The van der Waals surface area contributed by atoms with E-state index in [9.17, 15) is 22.4 Å². The van der Waals surface area contributed by atoms with E-state index < -0.39 is 29.0 Å². The molecule has 132 valence electrons. The van der Waals surface area contributed by atoms with Gasteiger partial charge in [0.15, 0.2) is 0 Å². The third-order valence-electron chi connectivity index (χ3n) is 2.83. The lowest BCUT2D eigenvalue weighted by Crippen LogP contribution is -2.22. The normalized spacial score (nSPS) is 12.7. The molecule has 0 spiro atoms. The zero-order valence-electron chi connectivity index (χ0n) is 13.0. The molecule has 0 aliphatic rings. The SMILES string of the molecule is C/C(C(=O)Nc1cc(OC(C)C)c(Br)cc1F)=C(/C=N)C(F)(F)F. The summed E-state index contributed by atoms with van der Waals surface area (Å²) in [5.74, 6) is -1.78. The smallest absolute Gasteiger partial charge is 0.418 e. The molecular formula is C15H15BrF4N2O2. The van der Waals surface area contributed by atoms with Crippen molar-refractivity contribution in [3.63, 3.8) is 0 Å². The van der Waals surface area contributed by atoms with Gasteiger partial charge in [-0.1, -0.05) is 0 Å². The Morgan fingerprint density at radius 2 is 1.96 bits per heavy atom. The monoisotopic (exact) mass is 410 g/mol. The van der Waals surface area contributed by atoms with Crippen LogP contribution in [0.5, 0.6) is 5.75 Å². The molecule has 0 aromatic heterocycles. The number of nitrogens with one attached hydrogen (secondary N) is 2. The summed E-state index contributed by atoms with van der Waals surface area (Å²) >= 11 is 3.10. The van der Waals surface area contributed by atoms with Gasteiger partial charge >= 0.3 is 6.18 Å². The van der Waals surface area contributed by atoms with E-state index in [4.69, 9.17) is 10.1 Å². The average molecular weight is 411 g/mol. The number of amides is 1. The Balaban J connectivity index is 3.19. The van der Waals surface area contributed by atoms with Crippen LogP contribution in [-0.2, 0) is 4.79 Å². The summed E-state index contributed by atoms with van der Waals surface area (Å²) < 4.78 is 57.8. The first-order chi connectivity index (χ1) is 11.0. The lowest BCUT2D eigenvalue weighted by Gasteiger charge is -2.15. The Labute approximate surface area is 144 Å². The van der Waals surface area contributed by atoms with E-state index in [2.05, 4.69) is 21.2 Å². The predicted octanol–water partition coefficient (Wildman–Crippen LogP) is 4.84. The maximum Gasteiger partial charge on any atom is 0.418 e. The summed E-state index contributed by atoms with van der Waals surface area (Å²) in [6.07, 6.45) is -5.04. The minimum absolute atomic E-state index is 0.0418. The second kappa shape index (κ2) is 7.78. The Bertz CT molecular complexity index is 685. The number of halogens is 5. The zero-order valence-corrected chi connectivity index (χ0v) is 14.6. The largest absolute Gasteiger partial charge is 0.490 e. The van der Waals surface area contributed by atoms with Gasteiger partial charge < -0.3 is 15.5 Å². The lowest BCUT2D eigenvalue weighted by atomic mass is 10.1. The van der Waals surface area contributed by atoms with E-state index in [1.165, 1.54) is 6.07 Å². The summed E-state index contributed by atoms with van der Waals surface area (Å²) in [6.45, 7) is 4.38. The number of ether oxygens (including phenoxy) is 1. The second-order valence-corrected chi connectivity index (χ2v) is 5.92. The quantitative estimate of drug-likeness (QED) is 0.414. The molecule has 0 saturated heterocycles.